The van der Waals surface area contributed by atoms with Crippen LogP contribution in [0.25, 0.3) is 16.7 Å². The van der Waals surface area contributed by atoms with Crippen molar-refractivity contribution >= 4 is 17.0 Å². The van der Waals surface area contributed by atoms with Crippen molar-refractivity contribution in [3.8, 4) is 17.2 Å². The molecule has 0 fully saturated rings. The lowest BCUT2D eigenvalue weighted by molar-refractivity contribution is -0.145. The Morgan fingerprint density at radius 2 is 1.97 bits per heavy atom. The average molecular weight is 511 g/mol. The van der Waals surface area contributed by atoms with E-state index in [-0.39, 0.29) is 17.9 Å². The maximum atomic E-state index is 14.0. The lowest BCUT2D eigenvalue weighted by Gasteiger charge is -2.17. The number of ether oxygens (including phenoxy) is 2. The van der Waals surface area contributed by atoms with Crippen LogP contribution in [0.5, 0.6) is 11.5 Å². The summed E-state index contributed by atoms with van der Waals surface area (Å²) < 4.78 is 54.1. The normalized spacial score (nSPS) is 15.0. The molecule has 0 saturated carbocycles. The highest BCUT2D eigenvalue weighted by Gasteiger charge is 2.38. The van der Waals surface area contributed by atoms with Crippen LogP contribution in [0.2, 0.25) is 0 Å². The molecule has 37 heavy (non-hydrogen) atoms. The van der Waals surface area contributed by atoms with Crippen LogP contribution in [0.15, 0.2) is 54.6 Å². The van der Waals surface area contributed by atoms with Gasteiger partial charge in [0.1, 0.15) is 11.5 Å². The Kier molecular flexibility index (Phi) is 6.31. The summed E-state index contributed by atoms with van der Waals surface area (Å²) in [6.07, 6.45) is -3.36. The number of imidazole rings is 1. The predicted molar refractivity (Wildman–Crippen MR) is 132 cm³/mol. The Morgan fingerprint density at radius 3 is 2.70 bits per heavy atom. The number of halogens is 3. The molecular weight excluding hydrogens is 485 g/mol. The Hall–Kier alpha value is -4.01. The molecule has 1 aliphatic rings. The lowest BCUT2D eigenvalue weighted by atomic mass is 9.94. The minimum atomic E-state index is -4.64. The highest BCUT2D eigenvalue weighted by molar-refractivity contribution is 5.80. The van der Waals surface area contributed by atoms with Crippen molar-refractivity contribution in [2.45, 2.75) is 38.3 Å². The summed E-state index contributed by atoms with van der Waals surface area (Å²) in [5.41, 5.74) is 4.54. The first-order valence-electron chi connectivity index (χ1n) is 11.9. The molecule has 2 heterocycles. The largest absolute Gasteiger partial charge is 0.497 e. The average Bonchev–Trinajstić information content (AvgIpc) is 3.43. The summed E-state index contributed by atoms with van der Waals surface area (Å²) in [5.74, 6) is -0.872. The molecule has 1 atom stereocenters. The van der Waals surface area contributed by atoms with Crippen LogP contribution >= 0.6 is 0 Å². The van der Waals surface area contributed by atoms with Gasteiger partial charge in [0.25, 0.3) is 0 Å². The Morgan fingerprint density at radius 1 is 1.16 bits per heavy atom. The minimum Gasteiger partial charge on any atom is -0.497 e. The Bertz CT molecular complexity index is 1490. The number of methoxy groups -OCH3 is 1. The zero-order chi connectivity index (χ0) is 26.3. The fourth-order valence-corrected chi connectivity index (χ4v) is 4.94. The highest BCUT2D eigenvalue weighted by Crippen LogP contribution is 2.38. The van der Waals surface area contributed by atoms with Crippen LogP contribution in [0, 0.1) is 6.92 Å². The number of benzene rings is 3. The predicted octanol–water partition coefficient (Wildman–Crippen LogP) is 6.10. The van der Waals surface area contributed by atoms with E-state index in [2.05, 4.69) is 4.98 Å². The maximum Gasteiger partial charge on any atom is 0.450 e. The second kappa shape index (κ2) is 9.46. The van der Waals surface area contributed by atoms with Crippen LogP contribution in [0.3, 0.4) is 0 Å². The molecule has 0 aliphatic carbocycles. The van der Waals surface area contributed by atoms with Gasteiger partial charge in [-0.25, -0.2) is 4.98 Å². The van der Waals surface area contributed by atoms with Gasteiger partial charge in [-0.05, 0) is 60.7 Å². The van der Waals surface area contributed by atoms with Crippen LogP contribution in [-0.2, 0) is 23.8 Å². The molecule has 3 aromatic carbocycles. The summed E-state index contributed by atoms with van der Waals surface area (Å²) in [6.45, 7) is 2.17. The second-order valence-electron chi connectivity index (χ2n) is 9.16. The molecule has 0 amide bonds. The van der Waals surface area contributed by atoms with E-state index >= 15 is 0 Å². The van der Waals surface area contributed by atoms with E-state index in [1.54, 1.807) is 24.3 Å². The standard InChI is InChI=1S/C28H25F3N2O4/c1-16-18(8-6-17-7-10-21-19(13-26(34)35)15-37-25(21)12-17)4-3-5-23(16)33-24-11-9-20(36-2)14-22(24)32-27(33)28(29,30)31/h3-5,7,9-12,14,19H,6,8,13,15H2,1-2H3,(H,34,35)/t19-/m1/s1. The summed E-state index contributed by atoms with van der Waals surface area (Å²) in [7, 11) is 1.46. The van der Waals surface area contributed by atoms with E-state index in [0.717, 1.165) is 22.3 Å². The quantitative estimate of drug-likeness (QED) is 0.325. The van der Waals surface area contributed by atoms with E-state index in [0.29, 0.717) is 42.2 Å². The molecule has 4 aromatic rings. The highest BCUT2D eigenvalue weighted by atomic mass is 19.4. The molecule has 1 aliphatic heterocycles. The number of aryl methyl sites for hydroxylation is 2. The van der Waals surface area contributed by atoms with Gasteiger partial charge in [-0.2, -0.15) is 13.2 Å². The number of carboxylic acid groups (broad SMARTS) is 1. The molecule has 6 nitrogen and oxygen atoms in total. The number of nitrogens with zero attached hydrogens (tertiary/aromatic N) is 2. The summed E-state index contributed by atoms with van der Waals surface area (Å²) >= 11 is 0. The van der Waals surface area contributed by atoms with Gasteiger partial charge < -0.3 is 14.6 Å². The second-order valence-corrected chi connectivity index (χ2v) is 9.16. The number of carboxylic acids is 1. The van der Waals surface area contributed by atoms with Gasteiger partial charge in [0, 0.05) is 17.5 Å². The van der Waals surface area contributed by atoms with E-state index in [1.165, 1.54) is 17.7 Å². The van der Waals surface area contributed by atoms with Gasteiger partial charge in [0.15, 0.2) is 0 Å². The molecule has 0 unspecified atom stereocenters. The van der Waals surface area contributed by atoms with Crippen molar-refractivity contribution in [1.82, 2.24) is 9.55 Å². The maximum absolute atomic E-state index is 14.0. The number of alkyl halides is 3. The van der Waals surface area contributed by atoms with Crippen molar-refractivity contribution in [2.24, 2.45) is 0 Å². The van der Waals surface area contributed by atoms with Crippen LogP contribution in [0.1, 0.15) is 40.4 Å². The molecule has 0 bridgehead atoms. The Labute approximate surface area is 211 Å². The van der Waals surface area contributed by atoms with Crippen LogP contribution in [-0.4, -0.2) is 34.3 Å². The van der Waals surface area contributed by atoms with Gasteiger partial charge in [-0.1, -0.05) is 24.3 Å². The van der Waals surface area contributed by atoms with Crippen molar-refractivity contribution in [3.63, 3.8) is 0 Å². The number of aromatic nitrogens is 2. The summed E-state index contributed by atoms with van der Waals surface area (Å²) in [5, 5.41) is 9.10. The Balaban J connectivity index is 1.45. The number of carbonyl (C=O) groups is 1. The van der Waals surface area contributed by atoms with E-state index in [9.17, 15) is 18.0 Å². The zero-order valence-corrected chi connectivity index (χ0v) is 20.3. The van der Waals surface area contributed by atoms with Crippen molar-refractivity contribution < 1.29 is 32.5 Å². The third kappa shape index (κ3) is 4.73. The molecule has 0 radical (unpaired) electrons. The van der Waals surface area contributed by atoms with Gasteiger partial charge in [-0.3, -0.25) is 9.36 Å². The third-order valence-corrected chi connectivity index (χ3v) is 6.84. The van der Waals surface area contributed by atoms with Gasteiger partial charge in [-0.15, -0.1) is 0 Å². The lowest BCUT2D eigenvalue weighted by Crippen LogP contribution is -2.15. The number of hydrogen-bond donors (Lipinski definition) is 1. The van der Waals surface area contributed by atoms with Gasteiger partial charge in [0.2, 0.25) is 5.82 Å². The number of hydrogen-bond acceptors (Lipinski definition) is 4. The first-order valence-corrected chi connectivity index (χ1v) is 11.9. The van der Waals surface area contributed by atoms with E-state index in [4.69, 9.17) is 14.6 Å². The zero-order valence-electron chi connectivity index (χ0n) is 20.3. The monoisotopic (exact) mass is 510 g/mol. The van der Waals surface area contributed by atoms with Gasteiger partial charge >= 0.3 is 12.1 Å². The fourth-order valence-electron chi connectivity index (χ4n) is 4.94. The SMILES string of the molecule is COc1ccc2c(c1)nc(C(F)(F)F)n2-c1cccc(CCc2ccc3c(c2)OC[C@H]3CC(=O)O)c1C. The number of fused-ring (bicyclic) bond motifs is 2. The van der Waals surface area contributed by atoms with Gasteiger partial charge in [0.05, 0.1) is 36.9 Å². The van der Waals surface area contributed by atoms with Crippen LogP contribution < -0.4 is 9.47 Å². The van der Waals surface area contributed by atoms with E-state index in [1.807, 2.05) is 31.2 Å². The molecule has 0 saturated heterocycles. The summed E-state index contributed by atoms with van der Waals surface area (Å²) in [6, 6.07) is 15.9. The third-order valence-electron chi connectivity index (χ3n) is 6.84. The number of aliphatic carboxylic acids is 1. The minimum absolute atomic E-state index is 0.0218. The molecule has 1 aromatic heterocycles. The molecule has 9 heteroatoms. The first kappa shape index (κ1) is 24.7. The fraction of sp³-hybridized carbons (Fsp3) is 0.286. The van der Waals surface area contributed by atoms with Crippen molar-refractivity contribution in [2.75, 3.05) is 13.7 Å². The molecule has 1 N–H and O–H groups in total. The van der Waals surface area contributed by atoms with E-state index < -0.39 is 18.0 Å². The van der Waals surface area contributed by atoms with Crippen molar-refractivity contribution in [1.29, 1.82) is 0 Å². The number of rotatable bonds is 7. The molecule has 0 spiro atoms. The first-order chi connectivity index (χ1) is 17.7. The molecule has 192 valence electrons. The molecule has 5 rings (SSSR count). The van der Waals surface area contributed by atoms with Crippen LogP contribution in [0.4, 0.5) is 13.2 Å². The van der Waals surface area contributed by atoms with Crippen molar-refractivity contribution in [3.05, 3.63) is 82.7 Å². The summed E-state index contributed by atoms with van der Waals surface area (Å²) in [4.78, 5) is 15.0. The molecular formula is C28H25F3N2O4. The topological polar surface area (TPSA) is 73.6 Å². The smallest absolute Gasteiger partial charge is 0.450 e.